The summed E-state index contributed by atoms with van der Waals surface area (Å²) in [5.74, 6) is 0.760. The van der Waals surface area contributed by atoms with Crippen LogP contribution in [0.15, 0.2) is 63.8 Å². The van der Waals surface area contributed by atoms with E-state index in [1.54, 1.807) is 24.3 Å². The van der Waals surface area contributed by atoms with E-state index >= 15 is 0 Å². The van der Waals surface area contributed by atoms with Gasteiger partial charge in [-0.05, 0) is 11.6 Å². The third-order valence-corrected chi connectivity index (χ3v) is 5.42. The number of thioether (sulfide) groups is 1. The zero-order valence-electron chi connectivity index (χ0n) is 16.7. The van der Waals surface area contributed by atoms with E-state index in [0.717, 1.165) is 5.56 Å². The van der Waals surface area contributed by atoms with Crippen molar-refractivity contribution >= 4 is 35.1 Å². The number of rotatable bonds is 9. The first kappa shape index (κ1) is 21.9. The number of aliphatic hydroxyl groups is 1. The van der Waals surface area contributed by atoms with Crippen molar-refractivity contribution in [1.82, 2.24) is 5.32 Å². The molecule has 2 N–H and O–H groups in total. The Labute approximate surface area is 178 Å². The number of aliphatic imine (C=N–C) groups is 2. The Balaban J connectivity index is 1.49. The summed E-state index contributed by atoms with van der Waals surface area (Å²) in [6.45, 7) is 0.130. The molecule has 8 nitrogen and oxygen atoms in total. The average Bonchev–Trinajstić information content (AvgIpc) is 2.77. The zero-order chi connectivity index (χ0) is 21.5. The van der Waals surface area contributed by atoms with Crippen molar-refractivity contribution in [2.75, 3.05) is 32.3 Å². The number of benzene rings is 1. The highest BCUT2D eigenvalue weighted by Gasteiger charge is 2.28. The second kappa shape index (κ2) is 10.3. The number of amidine groups is 1. The van der Waals surface area contributed by atoms with E-state index < -0.39 is 12.2 Å². The van der Waals surface area contributed by atoms with Gasteiger partial charge in [0.15, 0.2) is 0 Å². The van der Waals surface area contributed by atoms with Crippen LogP contribution < -0.4 is 5.32 Å². The summed E-state index contributed by atoms with van der Waals surface area (Å²) >= 11 is 1.29. The number of amides is 2. The highest BCUT2D eigenvalue weighted by Crippen LogP contribution is 2.23. The van der Waals surface area contributed by atoms with Crippen LogP contribution in [0.4, 0.5) is 0 Å². The molecule has 0 saturated heterocycles. The van der Waals surface area contributed by atoms with Gasteiger partial charge in [-0.1, -0.05) is 30.3 Å². The van der Waals surface area contributed by atoms with Crippen molar-refractivity contribution in [1.29, 1.82) is 0 Å². The number of nitrogens with one attached hydrogen (secondary N) is 1. The van der Waals surface area contributed by atoms with E-state index in [9.17, 15) is 14.7 Å². The SMILES string of the molecule is COC1=CC2=NC(CSCC(=O)NCC(O)c3ccccc3)=NC(=O)C2=CC1OC. The highest BCUT2D eigenvalue weighted by atomic mass is 32.2. The van der Waals surface area contributed by atoms with Crippen LogP contribution >= 0.6 is 11.8 Å². The molecule has 2 aliphatic rings. The van der Waals surface area contributed by atoms with E-state index in [2.05, 4.69) is 15.3 Å². The second-order valence-electron chi connectivity index (χ2n) is 6.54. The molecule has 1 aromatic rings. The van der Waals surface area contributed by atoms with Crippen molar-refractivity contribution in [2.45, 2.75) is 12.2 Å². The number of methoxy groups -OCH3 is 2. The fourth-order valence-electron chi connectivity index (χ4n) is 2.94. The molecule has 3 rings (SSSR count). The molecule has 2 unspecified atom stereocenters. The van der Waals surface area contributed by atoms with E-state index in [4.69, 9.17) is 9.47 Å². The molecule has 2 atom stereocenters. The van der Waals surface area contributed by atoms with Crippen LogP contribution in [0.5, 0.6) is 0 Å². The van der Waals surface area contributed by atoms with Crippen LogP contribution in [-0.4, -0.2) is 66.8 Å². The first-order chi connectivity index (χ1) is 14.5. The fourth-order valence-corrected chi connectivity index (χ4v) is 3.64. The van der Waals surface area contributed by atoms with Crippen molar-refractivity contribution in [2.24, 2.45) is 9.98 Å². The first-order valence-corrected chi connectivity index (χ1v) is 10.5. The minimum Gasteiger partial charge on any atom is -0.498 e. The largest absolute Gasteiger partial charge is 0.498 e. The summed E-state index contributed by atoms with van der Waals surface area (Å²) in [6, 6.07) is 9.12. The maximum absolute atomic E-state index is 12.3. The molecule has 9 heteroatoms. The molecule has 0 bridgehead atoms. The van der Waals surface area contributed by atoms with Crippen LogP contribution in [0.2, 0.25) is 0 Å². The second-order valence-corrected chi connectivity index (χ2v) is 7.53. The smallest absolute Gasteiger partial charge is 0.280 e. The molecule has 2 amide bonds. The van der Waals surface area contributed by atoms with E-state index in [1.807, 2.05) is 18.2 Å². The quantitative estimate of drug-likeness (QED) is 0.615. The molecule has 0 radical (unpaired) electrons. The van der Waals surface area contributed by atoms with E-state index in [0.29, 0.717) is 28.6 Å². The number of nitrogens with zero attached hydrogens (tertiary/aromatic N) is 2. The van der Waals surface area contributed by atoms with Crippen molar-refractivity contribution < 1.29 is 24.2 Å². The first-order valence-electron chi connectivity index (χ1n) is 9.30. The van der Waals surface area contributed by atoms with Gasteiger partial charge in [-0.2, -0.15) is 4.99 Å². The topological polar surface area (TPSA) is 110 Å². The summed E-state index contributed by atoms with van der Waals surface area (Å²) in [5, 5.41) is 12.8. The molecule has 0 saturated carbocycles. The number of carbonyl (C=O) groups excluding carboxylic acids is 2. The molecule has 30 heavy (non-hydrogen) atoms. The van der Waals surface area contributed by atoms with Gasteiger partial charge in [-0.25, -0.2) is 4.99 Å². The lowest BCUT2D eigenvalue weighted by molar-refractivity contribution is -0.119. The lowest BCUT2D eigenvalue weighted by atomic mass is 9.99. The van der Waals surface area contributed by atoms with Gasteiger partial charge in [0.25, 0.3) is 5.91 Å². The number of ether oxygens (including phenoxy) is 2. The maximum Gasteiger partial charge on any atom is 0.280 e. The van der Waals surface area contributed by atoms with Crippen LogP contribution in [0.3, 0.4) is 0 Å². The van der Waals surface area contributed by atoms with Gasteiger partial charge >= 0.3 is 0 Å². The lowest BCUT2D eigenvalue weighted by Crippen LogP contribution is -2.30. The standard InChI is InChI=1S/C21H23N3O5S/c1-28-17-8-14-15(9-18(17)29-2)23-19(24-21(14)27)11-30-12-20(26)22-10-16(25)13-6-4-3-5-7-13/h3-9,16-17,25H,10-12H2,1-2H3,(H,22,26). The monoisotopic (exact) mass is 429 g/mol. The van der Waals surface area contributed by atoms with E-state index in [-0.39, 0.29) is 24.1 Å². The highest BCUT2D eigenvalue weighted by molar-refractivity contribution is 8.00. The van der Waals surface area contributed by atoms with Crippen LogP contribution in [0, 0.1) is 0 Å². The zero-order valence-corrected chi connectivity index (χ0v) is 17.5. The Morgan fingerprint density at radius 3 is 2.73 bits per heavy atom. The minimum absolute atomic E-state index is 0.130. The predicted octanol–water partition coefficient (Wildman–Crippen LogP) is 1.43. The molecule has 1 aliphatic heterocycles. The molecule has 0 spiro atoms. The van der Waals surface area contributed by atoms with Crippen LogP contribution in [-0.2, 0) is 19.1 Å². The van der Waals surface area contributed by atoms with Crippen molar-refractivity contribution in [3.05, 3.63) is 59.4 Å². The van der Waals surface area contributed by atoms with Crippen LogP contribution in [0.25, 0.3) is 0 Å². The summed E-state index contributed by atoms with van der Waals surface area (Å²) in [4.78, 5) is 32.8. The normalized spacial score (nSPS) is 19.0. The van der Waals surface area contributed by atoms with Gasteiger partial charge in [-0.15, -0.1) is 11.8 Å². The third kappa shape index (κ3) is 5.44. The van der Waals surface area contributed by atoms with Gasteiger partial charge in [0, 0.05) is 19.7 Å². The third-order valence-electron chi connectivity index (χ3n) is 4.49. The minimum atomic E-state index is -0.763. The lowest BCUT2D eigenvalue weighted by Gasteiger charge is -2.22. The van der Waals surface area contributed by atoms with E-state index in [1.165, 1.54) is 26.0 Å². The van der Waals surface area contributed by atoms with Crippen molar-refractivity contribution in [3.8, 4) is 0 Å². The van der Waals surface area contributed by atoms with Gasteiger partial charge in [0.2, 0.25) is 5.91 Å². The number of fused-ring (bicyclic) bond motifs is 1. The van der Waals surface area contributed by atoms with Crippen LogP contribution in [0.1, 0.15) is 11.7 Å². The van der Waals surface area contributed by atoms with Gasteiger partial charge in [0.1, 0.15) is 17.7 Å². The number of carbonyl (C=O) groups is 2. The summed E-state index contributed by atoms with van der Waals surface area (Å²) in [5.41, 5.74) is 1.60. The Hall–Kier alpha value is -2.75. The molecular weight excluding hydrogens is 406 g/mol. The predicted molar refractivity (Wildman–Crippen MR) is 116 cm³/mol. The Kier molecular flexibility index (Phi) is 7.56. The summed E-state index contributed by atoms with van der Waals surface area (Å²) < 4.78 is 10.6. The Morgan fingerprint density at radius 2 is 2.03 bits per heavy atom. The summed E-state index contributed by atoms with van der Waals surface area (Å²) in [6.07, 6.45) is 2.09. The van der Waals surface area contributed by atoms with Gasteiger partial charge < -0.3 is 19.9 Å². The molecule has 0 fully saturated rings. The fraction of sp³-hybridized carbons (Fsp3) is 0.333. The number of hydrogen-bond acceptors (Lipinski definition) is 7. The molecular formula is C21H23N3O5S. The molecule has 1 aromatic carbocycles. The van der Waals surface area contributed by atoms with Crippen molar-refractivity contribution in [3.63, 3.8) is 0 Å². The van der Waals surface area contributed by atoms with Gasteiger partial charge in [-0.3, -0.25) is 9.59 Å². The number of aliphatic hydroxyl groups excluding tert-OH is 1. The molecule has 1 aliphatic carbocycles. The summed E-state index contributed by atoms with van der Waals surface area (Å²) in [7, 11) is 3.05. The Morgan fingerprint density at radius 1 is 1.27 bits per heavy atom. The Bertz CT molecular complexity index is 924. The molecule has 158 valence electrons. The average molecular weight is 429 g/mol. The molecule has 1 heterocycles. The number of allylic oxidation sites excluding steroid dienone is 1. The van der Waals surface area contributed by atoms with Gasteiger partial charge in [0.05, 0.1) is 36.0 Å². The molecule has 0 aromatic heterocycles. The number of hydrogen-bond donors (Lipinski definition) is 2. The maximum atomic E-state index is 12.3.